The zero-order chi connectivity index (χ0) is 12.4. The molecule has 0 bridgehead atoms. The molecular formula is C14H19NO2. The molecule has 1 aromatic carbocycles. The largest absolute Gasteiger partial charge is 0.497 e. The van der Waals surface area contributed by atoms with Crippen molar-refractivity contribution in [3.05, 3.63) is 24.3 Å². The van der Waals surface area contributed by atoms with Crippen molar-refractivity contribution < 1.29 is 9.53 Å². The Bertz CT molecular complexity index is 397. The lowest BCUT2D eigenvalue weighted by atomic mass is 10.0. The Morgan fingerprint density at radius 1 is 1.29 bits per heavy atom. The number of amides is 1. The van der Waals surface area contributed by atoms with Crippen molar-refractivity contribution in [2.75, 3.05) is 12.0 Å². The van der Waals surface area contributed by atoms with Gasteiger partial charge in [0.2, 0.25) is 5.91 Å². The van der Waals surface area contributed by atoms with E-state index in [0.29, 0.717) is 18.4 Å². The van der Waals surface area contributed by atoms with Crippen LogP contribution in [0.15, 0.2) is 24.3 Å². The molecule has 1 aromatic rings. The molecule has 0 aromatic heterocycles. The van der Waals surface area contributed by atoms with Crippen LogP contribution in [0.4, 0.5) is 5.69 Å². The summed E-state index contributed by atoms with van der Waals surface area (Å²) in [6, 6.07) is 8.04. The maximum atomic E-state index is 11.9. The van der Waals surface area contributed by atoms with Crippen molar-refractivity contribution in [3.63, 3.8) is 0 Å². The zero-order valence-corrected chi connectivity index (χ0v) is 10.6. The van der Waals surface area contributed by atoms with Crippen LogP contribution in [0.3, 0.4) is 0 Å². The number of carbonyl (C=O) groups is 1. The van der Waals surface area contributed by atoms with Crippen LogP contribution in [0.1, 0.15) is 26.7 Å². The summed E-state index contributed by atoms with van der Waals surface area (Å²) >= 11 is 0. The van der Waals surface area contributed by atoms with Gasteiger partial charge in [0.1, 0.15) is 5.75 Å². The quantitative estimate of drug-likeness (QED) is 0.803. The van der Waals surface area contributed by atoms with Crippen LogP contribution in [0.25, 0.3) is 0 Å². The number of hydrogen-bond donors (Lipinski definition) is 0. The number of carbonyl (C=O) groups excluding carboxylic acids is 1. The summed E-state index contributed by atoms with van der Waals surface area (Å²) < 4.78 is 5.13. The number of anilines is 1. The highest BCUT2D eigenvalue weighted by molar-refractivity contribution is 5.96. The van der Waals surface area contributed by atoms with Gasteiger partial charge in [0, 0.05) is 18.2 Å². The van der Waals surface area contributed by atoms with Crippen LogP contribution in [-0.2, 0) is 4.79 Å². The lowest BCUT2D eigenvalue weighted by molar-refractivity contribution is -0.117. The lowest BCUT2D eigenvalue weighted by Crippen LogP contribution is -2.36. The Kier molecular flexibility index (Phi) is 3.36. The van der Waals surface area contributed by atoms with Crippen molar-refractivity contribution in [1.29, 1.82) is 0 Å². The van der Waals surface area contributed by atoms with Gasteiger partial charge in [0.05, 0.1) is 7.11 Å². The van der Waals surface area contributed by atoms with E-state index in [-0.39, 0.29) is 5.91 Å². The molecule has 3 nitrogen and oxygen atoms in total. The van der Waals surface area contributed by atoms with E-state index in [1.165, 1.54) is 0 Å². The molecule has 1 fully saturated rings. The molecule has 92 valence electrons. The molecule has 1 atom stereocenters. The lowest BCUT2D eigenvalue weighted by Gasteiger charge is -2.27. The fourth-order valence-corrected chi connectivity index (χ4v) is 2.42. The SMILES string of the molecule is COc1ccc(N2C(=O)CCC2C(C)C)cc1. The Labute approximate surface area is 102 Å². The average molecular weight is 233 g/mol. The second-order valence-corrected chi connectivity index (χ2v) is 4.81. The van der Waals surface area contributed by atoms with E-state index < -0.39 is 0 Å². The maximum Gasteiger partial charge on any atom is 0.227 e. The van der Waals surface area contributed by atoms with E-state index >= 15 is 0 Å². The third-order valence-corrected chi connectivity index (χ3v) is 3.37. The highest BCUT2D eigenvalue weighted by atomic mass is 16.5. The van der Waals surface area contributed by atoms with E-state index in [4.69, 9.17) is 4.74 Å². The minimum atomic E-state index is 0.230. The predicted octanol–water partition coefficient (Wildman–Crippen LogP) is 2.85. The molecule has 1 amide bonds. The highest BCUT2D eigenvalue weighted by Crippen LogP contribution is 2.31. The number of rotatable bonds is 3. The highest BCUT2D eigenvalue weighted by Gasteiger charge is 2.33. The molecule has 0 radical (unpaired) electrons. The predicted molar refractivity (Wildman–Crippen MR) is 68.3 cm³/mol. The first kappa shape index (κ1) is 12.0. The first-order valence-electron chi connectivity index (χ1n) is 6.09. The van der Waals surface area contributed by atoms with Crippen molar-refractivity contribution >= 4 is 11.6 Å². The number of ether oxygens (including phenoxy) is 1. The van der Waals surface area contributed by atoms with Gasteiger partial charge in [-0.3, -0.25) is 4.79 Å². The monoisotopic (exact) mass is 233 g/mol. The van der Waals surface area contributed by atoms with E-state index in [1.807, 2.05) is 29.2 Å². The molecule has 1 heterocycles. The van der Waals surface area contributed by atoms with Crippen molar-refractivity contribution in [1.82, 2.24) is 0 Å². The fraction of sp³-hybridized carbons (Fsp3) is 0.500. The first-order valence-corrected chi connectivity index (χ1v) is 6.09. The van der Waals surface area contributed by atoms with Gasteiger partial charge in [0.15, 0.2) is 0 Å². The molecule has 0 saturated carbocycles. The second-order valence-electron chi connectivity index (χ2n) is 4.81. The molecule has 1 saturated heterocycles. The molecule has 2 rings (SSSR count). The molecular weight excluding hydrogens is 214 g/mol. The van der Waals surface area contributed by atoms with Gasteiger partial charge in [-0.2, -0.15) is 0 Å². The standard InChI is InChI=1S/C14H19NO2/c1-10(2)13-8-9-14(16)15(13)11-4-6-12(17-3)7-5-11/h4-7,10,13H,8-9H2,1-3H3. The number of methoxy groups -OCH3 is 1. The smallest absolute Gasteiger partial charge is 0.227 e. The topological polar surface area (TPSA) is 29.5 Å². The molecule has 1 aliphatic heterocycles. The zero-order valence-electron chi connectivity index (χ0n) is 10.6. The van der Waals surface area contributed by atoms with Crippen molar-refractivity contribution in [2.24, 2.45) is 5.92 Å². The Balaban J connectivity index is 2.26. The van der Waals surface area contributed by atoms with Crippen LogP contribution < -0.4 is 9.64 Å². The summed E-state index contributed by atoms with van der Waals surface area (Å²) in [5.74, 6) is 1.54. The van der Waals surface area contributed by atoms with Gasteiger partial charge < -0.3 is 9.64 Å². The van der Waals surface area contributed by atoms with Crippen LogP contribution in [0.5, 0.6) is 5.75 Å². The van der Waals surface area contributed by atoms with E-state index in [2.05, 4.69) is 13.8 Å². The Hall–Kier alpha value is -1.51. The second kappa shape index (κ2) is 4.78. The molecule has 0 aliphatic carbocycles. The van der Waals surface area contributed by atoms with Crippen molar-refractivity contribution in [3.8, 4) is 5.75 Å². The minimum absolute atomic E-state index is 0.230. The third-order valence-electron chi connectivity index (χ3n) is 3.37. The average Bonchev–Trinajstić information content (AvgIpc) is 2.71. The van der Waals surface area contributed by atoms with E-state index in [1.54, 1.807) is 7.11 Å². The van der Waals surface area contributed by atoms with Gasteiger partial charge in [0.25, 0.3) is 0 Å². The van der Waals surface area contributed by atoms with Gasteiger partial charge in [-0.15, -0.1) is 0 Å². The maximum absolute atomic E-state index is 11.9. The summed E-state index contributed by atoms with van der Waals surface area (Å²) in [5.41, 5.74) is 0.979. The first-order chi connectivity index (χ1) is 8.13. The summed E-state index contributed by atoms with van der Waals surface area (Å²) in [5, 5.41) is 0. The molecule has 0 spiro atoms. The molecule has 1 unspecified atom stereocenters. The molecule has 1 aliphatic rings. The van der Waals surface area contributed by atoms with Crippen molar-refractivity contribution in [2.45, 2.75) is 32.7 Å². The van der Waals surface area contributed by atoms with Gasteiger partial charge >= 0.3 is 0 Å². The van der Waals surface area contributed by atoms with Crippen LogP contribution >= 0.6 is 0 Å². The summed E-state index contributed by atoms with van der Waals surface area (Å²) in [6.07, 6.45) is 1.62. The number of benzene rings is 1. The van der Waals surface area contributed by atoms with E-state index in [9.17, 15) is 4.79 Å². The summed E-state index contributed by atoms with van der Waals surface area (Å²) in [4.78, 5) is 13.9. The van der Waals surface area contributed by atoms with Gasteiger partial charge in [-0.05, 0) is 36.6 Å². The minimum Gasteiger partial charge on any atom is -0.497 e. The molecule has 0 N–H and O–H groups in total. The number of nitrogens with zero attached hydrogens (tertiary/aromatic N) is 1. The third kappa shape index (κ3) is 2.28. The molecule has 3 heteroatoms. The van der Waals surface area contributed by atoms with Crippen LogP contribution in [0, 0.1) is 5.92 Å². The normalized spacial score (nSPS) is 20.1. The summed E-state index contributed by atoms with van der Waals surface area (Å²) in [7, 11) is 1.65. The van der Waals surface area contributed by atoms with Gasteiger partial charge in [-0.1, -0.05) is 13.8 Å². The van der Waals surface area contributed by atoms with Gasteiger partial charge in [-0.25, -0.2) is 0 Å². The molecule has 17 heavy (non-hydrogen) atoms. The Morgan fingerprint density at radius 2 is 1.94 bits per heavy atom. The fourth-order valence-electron chi connectivity index (χ4n) is 2.42. The van der Waals surface area contributed by atoms with Crippen LogP contribution in [-0.4, -0.2) is 19.1 Å². The number of hydrogen-bond acceptors (Lipinski definition) is 2. The summed E-state index contributed by atoms with van der Waals surface area (Å²) in [6.45, 7) is 4.33. The Morgan fingerprint density at radius 3 is 2.47 bits per heavy atom. The van der Waals surface area contributed by atoms with Crippen LogP contribution in [0.2, 0.25) is 0 Å². The van der Waals surface area contributed by atoms with E-state index in [0.717, 1.165) is 17.9 Å².